The van der Waals surface area contributed by atoms with Crippen LogP contribution in [0.25, 0.3) is 5.69 Å². The van der Waals surface area contributed by atoms with Crippen LogP contribution in [0.1, 0.15) is 21.6 Å². The van der Waals surface area contributed by atoms with Crippen molar-refractivity contribution in [3.63, 3.8) is 0 Å². The molecule has 6 nitrogen and oxygen atoms in total. The quantitative estimate of drug-likeness (QED) is 0.719. The van der Waals surface area contributed by atoms with E-state index in [-0.39, 0.29) is 11.4 Å². The Morgan fingerprint density at radius 1 is 1.10 bits per heavy atom. The minimum absolute atomic E-state index is 0.151. The number of aryl methyl sites for hydroxylation is 1. The minimum Gasteiger partial charge on any atom is -0.494 e. The number of ether oxygens (including phenoxy) is 1. The number of alkyl halides is 3. The number of aromatic nitrogens is 2. The number of carbonyl (C=O) groups is 1. The highest BCUT2D eigenvalue weighted by molar-refractivity contribution is 6.05. The molecule has 0 spiro atoms. The van der Waals surface area contributed by atoms with E-state index in [0.717, 1.165) is 28.4 Å². The Bertz CT molecular complexity index is 1120. The molecule has 1 aromatic heterocycles. The van der Waals surface area contributed by atoms with Crippen LogP contribution in [0.4, 0.5) is 18.9 Å². The molecule has 3 rings (SSSR count). The molecule has 0 aliphatic heterocycles. The molecule has 1 amide bonds. The third kappa shape index (κ3) is 4.13. The number of hydrogen-bond acceptors (Lipinski definition) is 4. The van der Waals surface area contributed by atoms with Gasteiger partial charge in [-0.25, -0.2) is 0 Å². The van der Waals surface area contributed by atoms with Gasteiger partial charge in [0.25, 0.3) is 11.5 Å². The molecule has 0 bridgehead atoms. The van der Waals surface area contributed by atoms with Gasteiger partial charge in [-0.3, -0.25) is 9.59 Å². The maximum atomic E-state index is 13.2. The average molecular weight is 403 g/mol. The summed E-state index contributed by atoms with van der Waals surface area (Å²) in [6.07, 6.45) is -4.65. The SMILES string of the molecule is COc1cc(=O)n(-c2ccccc2C)nc1C(=O)Nc1ccccc1C(F)(F)F. The van der Waals surface area contributed by atoms with Crippen molar-refractivity contribution in [2.75, 3.05) is 12.4 Å². The fraction of sp³-hybridized carbons (Fsp3) is 0.150. The number of para-hydroxylation sites is 2. The maximum Gasteiger partial charge on any atom is 0.418 e. The third-order valence-electron chi connectivity index (χ3n) is 4.16. The van der Waals surface area contributed by atoms with Crippen LogP contribution >= 0.6 is 0 Å². The zero-order valence-electron chi connectivity index (χ0n) is 15.4. The van der Waals surface area contributed by atoms with Gasteiger partial charge in [-0.1, -0.05) is 30.3 Å². The van der Waals surface area contributed by atoms with Gasteiger partial charge in [0.2, 0.25) is 0 Å². The number of nitrogens with zero attached hydrogens (tertiary/aromatic N) is 2. The second-order valence-corrected chi connectivity index (χ2v) is 6.10. The molecule has 3 aromatic rings. The molecule has 2 aromatic carbocycles. The number of methoxy groups -OCH3 is 1. The van der Waals surface area contributed by atoms with Gasteiger partial charge < -0.3 is 10.1 Å². The Morgan fingerprint density at radius 3 is 2.41 bits per heavy atom. The van der Waals surface area contributed by atoms with E-state index in [1.54, 1.807) is 31.2 Å². The van der Waals surface area contributed by atoms with Crippen molar-refractivity contribution in [3.8, 4) is 11.4 Å². The first kappa shape index (κ1) is 20.1. The van der Waals surface area contributed by atoms with Gasteiger partial charge in [0.05, 0.1) is 30.1 Å². The van der Waals surface area contributed by atoms with Gasteiger partial charge in [0.1, 0.15) is 0 Å². The van der Waals surface area contributed by atoms with E-state index in [1.807, 2.05) is 0 Å². The zero-order chi connectivity index (χ0) is 21.2. The van der Waals surface area contributed by atoms with Gasteiger partial charge in [-0.15, -0.1) is 0 Å². The summed E-state index contributed by atoms with van der Waals surface area (Å²) in [5.41, 5.74) is -1.15. The lowest BCUT2D eigenvalue weighted by Gasteiger charge is -2.15. The van der Waals surface area contributed by atoms with Crippen LogP contribution in [0.2, 0.25) is 0 Å². The van der Waals surface area contributed by atoms with Crippen LogP contribution in [0.15, 0.2) is 59.4 Å². The second kappa shape index (κ2) is 7.78. The normalized spacial score (nSPS) is 11.2. The van der Waals surface area contributed by atoms with E-state index >= 15 is 0 Å². The Labute approximate surface area is 163 Å². The van der Waals surface area contributed by atoms with Gasteiger partial charge >= 0.3 is 6.18 Å². The molecular weight excluding hydrogens is 387 g/mol. The smallest absolute Gasteiger partial charge is 0.418 e. The summed E-state index contributed by atoms with van der Waals surface area (Å²) in [5, 5.41) is 6.25. The maximum absolute atomic E-state index is 13.2. The average Bonchev–Trinajstić information content (AvgIpc) is 2.68. The number of nitrogens with one attached hydrogen (secondary N) is 1. The summed E-state index contributed by atoms with van der Waals surface area (Å²) < 4.78 is 45.6. The highest BCUT2D eigenvalue weighted by atomic mass is 19.4. The van der Waals surface area contributed by atoms with E-state index in [2.05, 4.69) is 10.4 Å². The lowest BCUT2D eigenvalue weighted by atomic mass is 10.1. The third-order valence-corrected chi connectivity index (χ3v) is 4.16. The molecule has 0 fully saturated rings. The molecular formula is C20H16F3N3O3. The first-order valence-corrected chi connectivity index (χ1v) is 8.44. The molecule has 9 heteroatoms. The largest absolute Gasteiger partial charge is 0.494 e. The molecule has 0 saturated heterocycles. The lowest BCUT2D eigenvalue weighted by Crippen LogP contribution is -2.27. The van der Waals surface area contributed by atoms with Gasteiger partial charge in [-0.05, 0) is 30.7 Å². The molecule has 0 aliphatic carbocycles. The Hall–Kier alpha value is -3.62. The van der Waals surface area contributed by atoms with E-state index < -0.39 is 28.9 Å². The van der Waals surface area contributed by atoms with Gasteiger partial charge in [-0.2, -0.15) is 23.0 Å². The number of anilines is 1. The van der Waals surface area contributed by atoms with Crippen molar-refractivity contribution >= 4 is 11.6 Å². The molecule has 150 valence electrons. The molecule has 0 aliphatic rings. The Kier molecular flexibility index (Phi) is 5.40. The van der Waals surface area contributed by atoms with Crippen LogP contribution in [0.3, 0.4) is 0 Å². The molecule has 0 unspecified atom stereocenters. The number of halogens is 3. The fourth-order valence-corrected chi connectivity index (χ4v) is 2.75. The van der Waals surface area contributed by atoms with Crippen LogP contribution in [0, 0.1) is 6.92 Å². The van der Waals surface area contributed by atoms with E-state index in [0.29, 0.717) is 5.69 Å². The topological polar surface area (TPSA) is 73.2 Å². The van der Waals surface area contributed by atoms with E-state index in [4.69, 9.17) is 4.74 Å². The van der Waals surface area contributed by atoms with Crippen molar-refractivity contribution < 1.29 is 22.7 Å². The summed E-state index contributed by atoms with van der Waals surface area (Å²) >= 11 is 0. The predicted octanol–water partition coefficient (Wildman–Crippen LogP) is 3.82. The standard InChI is InChI=1S/C20H16F3N3O3/c1-12-7-3-6-10-15(12)26-17(27)11-16(29-2)18(25-26)19(28)24-14-9-5-4-8-13(14)20(21,22)23/h3-11H,1-2H3,(H,24,28). The number of rotatable bonds is 4. The van der Waals surface area contributed by atoms with Crippen molar-refractivity contribution in [2.45, 2.75) is 13.1 Å². The first-order valence-electron chi connectivity index (χ1n) is 8.44. The molecule has 29 heavy (non-hydrogen) atoms. The van der Waals surface area contributed by atoms with E-state index in [9.17, 15) is 22.8 Å². The summed E-state index contributed by atoms with van der Waals surface area (Å²) in [6.45, 7) is 1.76. The van der Waals surface area contributed by atoms with Crippen LogP contribution in [-0.2, 0) is 6.18 Å². The molecule has 0 radical (unpaired) electrons. The zero-order valence-corrected chi connectivity index (χ0v) is 15.4. The van der Waals surface area contributed by atoms with Crippen LogP contribution < -0.4 is 15.6 Å². The predicted molar refractivity (Wildman–Crippen MR) is 101 cm³/mol. The number of amides is 1. The number of carbonyl (C=O) groups excluding carboxylic acids is 1. The first-order chi connectivity index (χ1) is 13.7. The Balaban J connectivity index is 2.07. The van der Waals surface area contributed by atoms with Gasteiger partial charge in [0.15, 0.2) is 11.4 Å². The summed E-state index contributed by atoms with van der Waals surface area (Å²) in [5.74, 6) is -1.09. The second-order valence-electron chi connectivity index (χ2n) is 6.10. The van der Waals surface area contributed by atoms with Gasteiger partial charge in [0, 0.05) is 0 Å². The fourth-order valence-electron chi connectivity index (χ4n) is 2.75. The lowest BCUT2D eigenvalue weighted by molar-refractivity contribution is -0.136. The van der Waals surface area contributed by atoms with Crippen molar-refractivity contribution in [1.29, 1.82) is 0 Å². The van der Waals surface area contributed by atoms with Crippen molar-refractivity contribution in [1.82, 2.24) is 9.78 Å². The monoisotopic (exact) mass is 403 g/mol. The highest BCUT2D eigenvalue weighted by Crippen LogP contribution is 2.34. The summed E-state index contributed by atoms with van der Waals surface area (Å²) in [4.78, 5) is 25.1. The summed E-state index contributed by atoms with van der Waals surface area (Å²) in [7, 11) is 1.23. The molecule has 1 heterocycles. The minimum atomic E-state index is -4.65. The molecule has 0 atom stereocenters. The van der Waals surface area contributed by atoms with Crippen LogP contribution in [0.5, 0.6) is 5.75 Å². The van der Waals surface area contributed by atoms with Crippen molar-refractivity contribution in [2.24, 2.45) is 0 Å². The molecule has 1 N–H and O–H groups in total. The summed E-state index contributed by atoms with van der Waals surface area (Å²) in [6, 6.07) is 12.5. The van der Waals surface area contributed by atoms with Crippen LogP contribution in [-0.4, -0.2) is 22.8 Å². The van der Waals surface area contributed by atoms with Crippen molar-refractivity contribution in [3.05, 3.63) is 81.8 Å². The Morgan fingerprint density at radius 2 is 1.76 bits per heavy atom. The molecule has 0 saturated carbocycles. The highest BCUT2D eigenvalue weighted by Gasteiger charge is 2.34. The van der Waals surface area contributed by atoms with E-state index in [1.165, 1.54) is 19.2 Å². The number of hydrogen-bond donors (Lipinski definition) is 1. The number of benzene rings is 2.